The van der Waals surface area contributed by atoms with Crippen molar-refractivity contribution in [3.05, 3.63) is 41.7 Å². The van der Waals surface area contributed by atoms with Crippen molar-refractivity contribution < 1.29 is 4.74 Å². The van der Waals surface area contributed by atoms with Crippen molar-refractivity contribution in [3.8, 4) is 11.8 Å². The van der Waals surface area contributed by atoms with E-state index in [1.54, 1.807) is 42.2 Å². The van der Waals surface area contributed by atoms with E-state index < -0.39 is 0 Å². The number of aryl methyl sites for hydroxylation is 1. The maximum Gasteiger partial charge on any atom is 0.134 e. The van der Waals surface area contributed by atoms with Gasteiger partial charge in [0, 0.05) is 7.05 Å². The molecule has 0 aliphatic carbocycles. The summed E-state index contributed by atoms with van der Waals surface area (Å²) in [5.74, 6) is 0.713. The van der Waals surface area contributed by atoms with Crippen LogP contribution >= 0.6 is 0 Å². The molecule has 0 aliphatic rings. The van der Waals surface area contributed by atoms with E-state index in [1.165, 1.54) is 0 Å². The fraction of sp³-hybridized carbons (Fsp3) is 0.182. The van der Waals surface area contributed by atoms with E-state index in [1.807, 2.05) is 0 Å². The van der Waals surface area contributed by atoms with Crippen LogP contribution in [0.2, 0.25) is 0 Å². The van der Waals surface area contributed by atoms with E-state index >= 15 is 0 Å². The Balaban J connectivity index is 1.97. The number of benzene rings is 1. The molecule has 80 valence electrons. The average Bonchev–Trinajstić information content (AvgIpc) is 2.73. The van der Waals surface area contributed by atoms with Crippen LogP contribution in [0.25, 0.3) is 0 Å². The Labute approximate surface area is 92.9 Å². The molecule has 16 heavy (non-hydrogen) atoms. The third kappa shape index (κ3) is 2.36. The standard InChI is InChI=1S/C11H10N4O/c1-15-7-10(13-14-15)8-16-11-4-2-9(6-12)3-5-11/h2-5,7H,8H2,1H3. The molecule has 0 aliphatic heterocycles. The summed E-state index contributed by atoms with van der Waals surface area (Å²) in [4.78, 5) is 0. The normalized spacial score (nSPS) is 9.75. The Morgan fingerprint density at radius 3 is 2.69 bits per heavy atom. The first-order chi connectivity index (χ1) is 7.78. The molecule has 5 nitrogen and oxygen atoms in total. The van der Waals surface area contributed by atoms with E-state index in [9.17, 15) is 0 Å². The van der Waals surface area contributed by atoms with E-state index in [4.69, 9.17) is 10.00 Å². The van der Waals surface area contributed by atoms with Crippen LogP contribution in [-0.4, -0.2) is 15.0 Å². The van der Waals surface area contributed by atoms with Crippen LogP contribution in [0.15, 0.2) is 30.5 Å². The molecular formula is C11H10N4O. The van der Waals surface area contributed by atoms with E-state index in [2.05, 4.69) is 16.4 Å². The highest BCUT2D eigenvalue weighted by molar-refractivity contribution is 5.34. The van der Waals surface area contributed by atoms with Crippen molar-refractivity contribution >= 4 is 0 Å². The summed E-state index contributed by atoms with van der Waals surface area (Å²) in [6.07, 6.45) is 1.80. The summed E-state index contributed by atoms with van der Waals surface area (Å²) in [7, 11) is 1.80. The molecule has 2 aromatic rings. The van der Waals surface area contributed by atoms with Crippen LogP contribution in [0.1, 0.15) is 11.3 Å². The SMILES string of the molecule is Cn1cc(COc2ccc(C#N)cc2)nn1. The van der Waals surface area contributed by atoms with Gasteiger partial charge in [0.05, 0.1) is 17.8 Å². The van der Waals surface area contributed by atoms with Gasteiger partial charge >= 0.3 is 0 Å². The van der Waals surface area contributed by atoms with Crippen molar-refractivity contribution in [2.75, 3.05) is 0 Å². The van der Waals surface area contributed by atoms with E-state index in [-0.39, 0.29) is 0 Å². The molecule has 0 saturated carbocycles. The van der Waals surface area contributed by atoms with Gasteiger partial charge in [0.2, 0.25) is 0 Å². The first kappa shape index (κ1) is 10.2. The lowest BCUT2D eigenvalue weighted by atomic mass is 10.2. The van der Waals surface area contributed by atoms with Crippen LogP contribution in [0.3, 0.4) is 0 Å². The Hall–Kier alpha value is -2.35. The minimum Gasteiger partial charge on any atom is -0.487 e. The Morgan fingerprint density at radius 1 is 1.38 bits per heavy atom. The zero-order valence-electron chi connectivity index (χ0n) is 8.79. The van der Waals surface area contributed by atoms with Gasteiger partial charge in [-0.2, -0.15) is 5.26 Å². The van der Waals surface area contributed by atoms with Crippen LogP contribution in [0.5, 0.6) is 5.75 Å². The van der Waals surface area contributed by atoms with Gasteiger partial charge in [0.1, 0.15) is 18.1 Å². The second kappa shape index (κ2) is 4.45. The lowest BCUT2D eigenvalue weighted by Gasteiger charge is -2.02. The largest absolute Gasteiger partial charge is 0.487 e. The molecule has 0 amide bonds. The molecule has 1 aromatic heterocycles. The summed E-state index contributed by atoms with van der Waals surface area (Å²) >= 11 is 0. The molecule has 0 unspecified atom stereocenters. The van der Waals surface area contributed by atoms with Gasteiger partial charge in [-0.05, 0) is 24.3 Å². The minimum absolute atomic E-state index is 0.375. The number of nitriles is 1. The van der Waals surface area contributed by atoms with Crippen LogP contribution < -0.4 is 4.74 Å². The van der Waals surface area contributed by atoms with Gasteiger partial charge in [0.15, 0.2) is 0 Å². The highest BCUT2D eigenvalue weighted by Gasteiger charge is 1.99. The Bertz CT molecular complexity index is 510. The molecule has 0 fully saturated rings. The lowest BCUT2D eigenvalue weighted by Crippen LogP contribution is -1.95. The molecule has 5 heteroatoms. The molecule has 0 radical (unpaired) electrons. The number of hydrogen-bond donors (Lipinski definition) is 0. The average molecular weight is 214 g/mol. The quantitative estimate of drug-likeness (QED) is 0.771. The monoisotopic (exact) mass is 214 g/mol. The Kier molecular flexibility index (Phi) is 2.83. The Morgan fingerprint density at radius 2 is 2.12 bits per heavy atom. The van der Waals surface area contributed by atoms with Gasteiger partial charge in [-0.15, -0.1) is 5.10 Å². The molecule has 1 aromatic carbocycles. The third-order valence-corrected chi connectivity index (χ3v) is 2.02. The summed E-state index contributed by atoms with van der Waals surface area (Å²) < 4.78 is 7.10. The predicted octanol–water partition coefficient (Wildman–Crippen LogP) is 1.27. The lowest BCUT2D eigenvalue weighted by molar-refractivity contribution is 0.301. The summed E-state index contributed by atoms with van der Waals surface area (Å²) in [5, 5.41) is 16.3. The zero-order valence-corrected chi connectivity index (χ0v) is 8.79. The number of hydrogen-bond acceptors (Lipinski definition) is 4. The molecular weight excluding hydrogens is 204 g/mol. The van der Waals surface area contributed by atoms with Gasteiger partial charge in [-0.3, -0.25) is 4.68 Å². The highest BCUT2D eigenvalue weighted by Crippen LogP contribution is 2.12. The minimum atomic E-state index is 0.375. The summed E-state index contributed by atoms with van der Waals surface area (Å²) in [5.41, 5.74) is 1.39. The fourth-order valence-corrected chi connectivity index (χ4v) is 1.24. The van der Waals surface area contributed by atoms with Gasteiger partial charge in [0.25, 0.3) is 0 Å². The molecule has 0 spiro atoms. The molecule has 0 saturated heterocycles. The number of ether oxygens (including phenoxy) is 1. The smallest absolute Gasteiger partial charge is 0.134 e. The van der Waals surface area contributed by atoms with Gasteiger partial charge in [-0.25, -0.2) is 0 Å². The van der Waals surface area contributed by atoms with E-state index in [0.29, 0.717) is 17.9 Å². The van der Waals surface area contributed by atoms with Gasteiger partial charge in [-0.1, -0.05) is 5.21 Å². The van der Waals surface area contributed by atoms with Crippen molar-refractivity contribution in [2.45, 2.75) is 6.61 Å². The van der Waals surface area contributed by atoms with Crippen molar-refractivity contribution in [2.24, 2.45) is 7.05 Å². The molecule has 1 heterocycles. The first-order valence-corrected chi connectivity index (χ1v) is 4.76. The van der Waals surface area contributed by atoms with Gasteiger partial charge < -0.3 is 4.74 Å². The van der Waals surface area contributed by atoms with Crippen LogP contribution in [0.4, 0.5) is 0 Å². The second-order valence-corrected chi connectivity index (χ2v) is 3.31. The molecule has 2 rings (SSSR count). The van der Waals surface area contributed by atoms with Crippen molar-refractivity contribution in [3.63, 3.8) is 0 Å². The third-order valence-electron chi connectivity index (χ3n) is 2.02. The molecule has 0 N–H and O–H groups in total. The van der Waals surface area contributed by atoms with Crippen molar-refractivity contribution in [1.82, 2.24) is 15.0 Å². The molecule has 0 atom stereocenters. The number of aromatic nitrogens is 3. The second-order valence-electron chi connectivity index (χ2n) is 3.31. The van der Waals surface area contributed by atoms with Crippen LogP contribution in [-0.2, 0) is 13.7 Å². The summed E-state index contributed by atoms with van der Waals surface area (Å²) in [6.45, 7) is 0.375. The highest BCUT2D eigenvalue weighted by atomic mass is 16.5. The zero-order chi connectivity index (χ0) is 11.4. The topological polar surface area (TPSA) is 63.7 Å². The van der Waals surface area contributed by atoms with E-state index in [0.717, 1.165) is 5.69 Å². The maximum absolute atomic E-state index is 8.63. The summed E-state index contributed by atoms with van der Waals surface area (Å²) in [6, 6.07) is 9.00. The first-order valence-electron chi connectivity index (χ1n) is 4.76. The maximum atomic E-state index is 8.63. The number of nitrogens with zero attached hydrogens (tertiary/aromatic N) is 4. The number of rotatable bonds is 3. The predicted molar refractivity (Wildman–Crippen MR) is 56.5 cm³/mol. The van der Waals surface area contributed by atoms with Crippen LogP contribution in [0, 0.1) is 11.3 Å². The fourth-order valence-electron chi connectivity index (χ4n) is 1.24. The van der Waals surface area contributed by atoms with Crippen molar-refractivity contribution in [1.29, 1.82) is 5.26 Å². The molecule has 0 bridgehead atoms.